The fourth-order valence-corrected chi connectivity index (χ4v) is 5.67. The maximum Gasteiger partial charge on any atom is 0.366 e. The third-order valence-electron chi connectivity index (χ3n) is 7.74. The Kier molecular flexibility index (Phi) is 8.28. The zero-order chi connectivity index (χ0) is 29.1. The van der Waals surface area contributed by atoms with E-state index in [0.717, 1.165) is 46.7 Å². The van der Waals surface area contributed by atoms with Crippen molar-refractivity contribution < 1.29 is 14.7 Å². The largest absolute Gasteiger partial charge is 0.508 e. The molecule has 9 heteroatoms. The maximum absolute atomic E-state index is 12.9. The molecule has 2 heterocycles. The number of phenolic OH excluding ortho intramolecular Hbond substituents is 1. The Bertz CT molecular complexity index is 1530. The standard InChI is InChI=1S/C32H36N6O3/c1-6-16-36-19-24(5)37(20-23(36)4)30(27-8-7-9-28(39)18-27)25-11-13-26(14-12-25)31-33-34-35-38(31)41-32(40)29-15-10-21(2)17-22(29)3/h6-15,17-18,23-24,30,39H,1,16,19-20H2,2-5H3/t23-,24+,30-/m1/s1. The van der Waals surface area contributed by atoms with Crippen LogP contribution in [0.15, 0.2) is 79.4 Å². The molecule has 0 aliphatic carbocycles. The van der Waals surface area contributed by atoms with Gasteiger partial charge in [0.15, 0.2) is 0 Å². The molecular weight excluding hydrogens is 516 g/mol. The Balaban J connectivity index is 1.43. The average Bonchev–Trinajstić information content (AvgIpc) is 3.40. The first kappa shape index (κ1) is 28.2. The molecule has 4 aromatic rings. The van der Waals surface area contributed by atoms with Crippen LogP contribution < -0.4 is 4.84 Å². The van der Waals surface area contributed by atoms with E-state index in [0.29, 0.717) is 23.0 Å². The second kappa shape index (κ2) is 12.0. The molecule has 0 bridgehead atoms. The number of hydrogen-bond acceptors (Lipinski definition) is 8. The zero-order valence-corrected chi connectivity index (χ0v) is 23.9. The summed E-state index contributed by atoms with van der Waals surface area (Å²) in [6.07, 6.45) is 1.96. The molecule has 1 aliphatic rings. The summed E-state index contributed by atoms with van der Waals surface area (Å²) in [5, 5.41) is 22.1. The van der Waals surface area contributed by atoms with Crippen LogP contribution >= 0.6 is 0 Å². The van der Waals surface area contributed by atoms with Crippen LogP contribution in [-0.2, 0) is 0 Å². The molecule has 212 valence electrons. The van der Waals surface area contributed by atoms with Gasteiger partial charge in [-0.25, -0.2) is 4.79 Å². The summed E-state index contributed by atoms with van der Waals surface area (Å²) in [5.74, 6) is 0.0267. The molecule has 0 unspecified atom stereocenters. The topological polar surface area (TPSA) is 96.6 Å². The van der Waals surface area contributed by atoms with E-state index < -0.39 is 5.97 Å². The van der Waals surface area contributed by atoms with E-state index in [2.05, 4.69) is 51.8 Å². The van der Waals surface area contributed by atoms with Crippen LogP contribution in [0.4, 0.5) is 0 Å². The number of nitrogens with zero attached hydrogens (tertiary/aromatic N) is 6. The Hall–Kier alpha value is -4.34. The highest BCUT2D eigenvalue weighted by atomic mass is 16.7. The Labute approximate surface area is 240 Å². The number of phenols is 1. The van der Waals surface area contributed by atoms with Crippen molar-refractivity contribution >= 4 is 5.97 Å². The van der Waals surface area contributed by atoms with Gasteiger partial charge in [-0.3, -0.25) is 9.80 Å². The fourth-order valence-electron chi connectivity index (χ4n) is 5.67. The van der Waals surface area contributed by atoms with E-state index in [4.69, 9.17) is 4.84 Å². The lowest BCUT2D eigenvalue weighted by Gasteiger charge is -2.47. The zero-order valence-electron chi connectivity index (χ0n) is 23.9. The lowest BCUT2D eigenvalue weighted by Crippen LogP contribution is -2.57. The van der Waals surface area contributed by atoms with Gasteiger partial charge in [0.1, 0.15) is 5.75 Å². The number of piperazine rings is 1. The highest BCUT2D eigenvalue weighted by Crippen LogP contribution is 2.35. The molecule has 0 radical (unpaired) electrons. The molecule has 0 spiro atoms. The van der Waals surface area contributed by atoms with E-state index in [1.165, 1.54) is 0 Å². The van der Waals surface area contributed by atoms with Gasteiger partial charge in [0.2, 0.25) is 5.82 Å². The summed E-state index contributed by atoms with van der Waals surface area (Å²) in [5.41, 5.74) is 5.13. The SMILES string of the molecule is C=CCN1C[C@H](C)N([C@H](c2ccc(-c3nnnn3OC(=O)c3ccc(C)cc3C)cc2)c2cccc(O)c2)C[C@H]1C. The quantitative estimate of drug-likeness (QED) is 0.250. The minimum atomic E-state index is -0.532. The van der Waals surface area contributed by atoms with E-state index in [1.807, 2.05) is 68.5 Å². The van der Waals surface area contributed by atoms with Crippen molar-refractivity contribution in [2.24, 2.45) is 0 Å². The molecule has 1 saturated heterocycles. The number of aryl methyl sites for hydroxylation is 2. The molecular formula is C32H36N6O3. The predicted octanol–water partition coefficient (Wildman–Crippen LogP) is 4.60. The van der Waals surface area contributed by atoms with E-state index in [1.54, 1.807) is 12.1 Å². The minimum Gasteiger partial charge on any atom is -0.508 e. The lowest BCUT2D eigenvalue weighted by molar-refractivity contribution is 0.0306. The third-order valence-corrected chi connectivity index (χ3v) is 7.74. The molecule has 9 nitrogen and oxygen atoms in total. The number of aromatic hydroxyl groups is 1. The van der Waals surface area contributed by atoms with E-state index in [9.17, 15) is 9.90 Å². The summed E-state index contributed by atoms with van der Waals surface area (Å²) in [4.78, 5) is 24.4. The highest BCUT2D eigenvalue weighted by Gasteiger charge is 2.34. The van der Waals surface area contributed by atoms with Gasteiger partial charge in [0.25, 0.3) is 0 Å². The summed E-state index contributed by atoms with van der Waals surface area (Å²) in [7, 11) is 0. The second-order valence-electron chi connectivity index (χ2n) is 10.8. The van der Waals surface area contributed by atoms with Gasteiger partial charge in [0.05, 0.1) is 11.6 Å². The summed E-state index contributed by atoms with van der Waals surface area (Å²) >= 11 is 0. The van der Waals surface area contributed by atoms with Crippen molar-refractivity contribution in [3.63, 3.8) is 0 Å². The predicted molar refractivity (Wildman–Crippen MR) is 157 cm³/mol. The molecule has 3 aromatic carbocycles. The van der Waals surface area contributed by atoms with Crippen LogP contribution in [-0.4, -0.2) is 73.0 Å². The molecule has 3 atom stereocenters. The number of carbonyl (C=O) groups is 1. The van der Waals surface area contributed by atoms with E-state index >= 15 is 0 Å². The van der Waals surface area contributed by atoms with Gasteiger partial charge < -0.3 is 9.94 Å². The van der Waals surface area contributed by atoms with Gasteiger partial charge in [-0.15, -0.1) is 11.7 Å². The maximum atomic E-state index is 12.9. The van der Waals surface area contributed by atoms with Crippen molar-refractivity contribution in [2.45, 2.75) is 45.8 Å². The molecule has 1 fully saturated rings. The molecule has 0 amide bonds. The Morgan fingerprint density at radius 2 is 1.83 bits per heavy atom. The monoisotopic (exact) mass is 552 g/mol. The number of hydrogen-bond donors (Lipinski definition) is 1. The minimum absolute atomic E-state index is 0.0715. The second-order valence-corrected chi connectivity index (χ2v) is 10.8. The number of rotatable bonds is 8. The highest BCUT2D eigenvalue weighted by molar-refractivity contribution is 5.91. The van der Waals surface area contributed by atoms with Gasteiger partial charge in [-0.2, -0.15) is 0 Å². The molecule has 1 N–H and O–H groups in total. The first-order valence-corrected chi connectivity index (χ1v) is 13.8. The van der Waals surface area contributed by atoms with Crippen molar-refractivity contribution in [1.29, 1.82) is 0 Å². The first-order valence-electron chi connectivity index (χ1n) is 13.8. The molecule has 1 aromatic heterocycles. The number of carbonyl (C=O) groups excluding carboxylic acids is 1. The van der Waals surface area contributed by atoms with Crippen molar-refractivity contribution in [2.75, 3.05) is 19.6 Å². The molecule has 41 heavy (non-hydrogen) atoms. The van der Waals surface area contributed by atoms with Gasteiger partial charge in [0, 0.05) is 37.3 Å². The third kappa shape index (κ3) is 6.06. The van der Waals surface area contributed by atoms with E-state index in [-0.39, 0.29) is 17.8 Å². The Morgan fingerprint density at radius 3 is 2.54 bits per heavy atom. The molecule has 1 aliphatic heterocycles. The fraction of sp³-hybridized carbons (Fsp3) is 0.312. The van der Waals surface area contributed by atoms with Crippen LogP contribution in [0.5, 0.6) is 5.75 Å². The number of tetrazole rings is 1. The summed E-state index contributed by atoms with van der Waals surface area (Å²) < 4.78 is 0. The smallest absolute Gasteiger partial charge is 0.366 e. The van der Waals surface area contributed by atoms with Crippen LogP contribution in [0.25, 0.3) is 11.4 Å². The number of aromatic nitrogens is 4. The summed E-state index contributed by atoms with van der Waals surface area (Å²) in [6, 6.07) is 21.5. The van der Waals surface area contributed by atoms with Crippen LogP contribution in [0.1, 0.15) is 52.5 Å². The van der Waals surface area contributed by atoms with Gasteiger partial charge >= 0.3 is 5.97 Å². The first-order chi connectivity index (χ1) is 19.7. The van der Waals surface area contributed by atoms with Crippen LogP contribution in [0.2, 0.25) is 0 Å². The van der Waals surface area contributed by atoms with Crippen LogP contribution in [0, 0.1) is 13.8 Å². The Morgan fingerprint density at radius 1 is 1.05 bits per heavy atom. The van der Waals surface area contributed by atoms with Gasteiger partial charge in [-0.05, 0) is 77.9 Å². The average molecular weight is 553 g/mol. The van der Waals surface area contributed by atoms with Crippen LogP contribution in [0.3, 0.4) is 0 Å². The van der Waals surface area contributed by atoms with Crippen molar-refractivity contribution in [3.8, 4) is 17.1 Å². The summed E-state index contributed by atoms with van der Waals surface area (Å²) in [6.45, 7) is 14.9. The normalized spacial score (nSPS) is 18.6. The van der Waals surface area contributed by atoms with Gasteiger partial charge in [-0.1, -0.05) is 60.2 Å². The molecule has 5 rings (SSSR count). The van der Waals surface area contributed by atoms with Crippen molar-refractivity contribution in [1.82, 2.24) is 30.2 Å². The molecule has 0 saturated carbocycles. The van der Waals surface area contributed by atoms with Crippen molar-refractivity contribution in [3.05, 3.63) is 107 Å². The lowest BCUT2D eigenvalue weighted by atomic mass is 9.92. The number of benzene rings is 3.